The molecule has 2 aromatic carbocycles. The largest absolute Gasteiger partial charge is 0.495 e. The second kappa shape index (κ2) is 7.76. The van der Waals surface area contributed by atoms with Crippen molar-refractivity contribution in [2.75, 3.05) is 16.6 Å². The molecule has 154 valence electrons. The quantitative estimate of drug-likeness (QED) is 0.587. The lowest BCUT2D eigenvalue weighted by Crippen LogP contribution is -2.15. The molecule has 0 atom stereocenters. The molecule has 0 saturated heterocycles. The summed E-state index contributed by atoms with van der Waals surface area (Å²) in [5, 5.41) is 4.02. The number of aromatic nitrogens is 2. The molecule has 0 saturated carbocycles. The van der Waals surface area contributed by atoms with Crippen molar-refractivity contribution < 1.29 is 21.6 Å². The maximum absolute atomic E-state index is 12.6. The summed E-state index contributed by atoms with van der Waals surface area (Å²) in [6, 6.07) is 12.0. The molecule has 0 unspecified atom stereocenters. The predicted molar refractivity (Wildman–Crippen MR) is 109 cm³/mol. The fourth-order valence-electron chi connectivity index (χ4n) is 2.69. The molecule has 1 aromatic heterocycles. The average Bonchev–Trinajstić information content (AvgIpc) is 3.01. The van der Waals surface area contributed by atoms with Crippen molar-refractivity contribution in [2.45, 2.75) is 16.7 Å². The first-order chi connectivity index (χ1) is 13.6. The predicted octanol–water partition coefficient (Wildman–Crippen LogP) is 2.34. The van der Waals surface area contributed by atoms with Crippen molar-refractivity contribution >= 4 is 31.4 Å². The number of nitrogens with zero attached hydrogens (tertiary/aromatic N) is 2. The van der Waals surface area contributed by atoms with E-state index in [0.717, 1.165) is 0 Å². The van der Waals surface area contributed by atoms with Gasteiger partial charge in [0.1, 0.15) is 10.6 Å². The number of aryl methyl sites for hydroxylation is 2. The van der Waals surface area contributed by atoms with E-state index in [1.54, 1.807) is 38.2 Å². The molecule has 29 heavy (non-hydrogen) atoms. The van der Waals surface area contributed by atoms with Crippen LogP contribution in [0.4, 0.5) is 11.4 Å². The molecular weight excluding hydrogens is 416 g/mol. The molecule has 1 heterocycles. The second-order valence-corrected chi connectivity index (χ2v) is 9.52. The van der Waals surface area contributed by atoms with E-state index < -0.39 is 20.0 Å². The van der Waals surface area contributed by atoms with E-state index in [1.807, 2.05) is 0 Å². The Kier molecular flexibility index (Phi) is 5.53. The highest BCUT2D eigenvalue weighted by molar-refractivity contribution is 7.93. The zero-order chi connectivity index (χ0) is 21.2. The van der Waals surface area contributed by atoms with Gasteiger partial charge < -0.3 is 4.74 Å². The SMILES string of the molecule is COc1ccccc1NS(=O)(=O)c1ccc(NS(=O)(=O)c2cn(C)nc2C)cc1. The monoisotopic (exact) mass is 436 g/mol. The number of ether oxygens (including phenoxy) is 1. The molecule has 0 aliphatic heterocycles. The first-order valence-corrected chi connectivity index (χ1v) is 11.4. The molecule has 0 amide bonds. The minimum Gasteiger partial charge on any atom is -0.495 e. The molecule has 11 heteroatoms. The van der Waals surface area contributed by atoms with Crippen molar-refractivity contribution in [1.29, 1.82) is 0 Å². The zero-order valence-electron chi connectivity index (χ0n) is 15.9. The lowest BCUT2D eigenvalue weighted by atomic mass is 10.3. The number of benzene rings is 2. The maximum Gasteiger partial charge on any atom is 0.265 e. The average molecular weight is 437 g/mol. The van der Waals surface area contributed by atoms with Crippen molar-refractivity contribution in [3.63, 3.8) is 0 Å². The molecule has 0 radical (unpaired) electrons. The third-order valence-corrected chi connectivity index (χ3v) is 6.89. The summed E-state index contributed by atoms with van der Waals surface area (Å²) in [5.41, 5.74) is 0.886. The highest BCUT2D eigenvalue weighted by atomic mass is 32.2. The van der Waals surface area contributed by atoms with Crippen LogP contribution in [0, 0.1) is 6.92 Å². The third-order valence-electron chi connectivity index (χ3n) is 4.03. The van der Waals surface area contributed by atoms with Gasteiger partial charge in [0.05, 0.1) is 23.4 Å². The van der Waals surface area contributed by atoms with Crippen molar-refractivity contribution in [2.24, 2.45) is 7.05 Å². The van der Waals surface area contributed by atoms with Crippen LogP contribution in [-0.2, 0) is 27.1 Å². The summed E-state index contributed by atoms with van der Waals surface area (Å²) in [6.45, 7) is 1.59. The summed E-state index contributed by atoms with van der Waals surface area (Å²) < 4.78 is 61.7. The molecule has 0 bridgehead atoms. The van der Waals surface area contributed by atoms with Crippen LogP contribution in [0.3, 0.4) is 0 Å². The summed E-state index contributed by atoms with van der Waals surface area (Å²) in [4.78, 5) is 0.0263. The van der Waals surface area contributed by atoms with Crippen LogP contribution in [0.2, 0.25) is 0 Å². The maximum atomic E-state index is 12.6. The topological polar surface area (TPSA) is 119 Å². The van der Waals surface area contributed by atoms with Crippen LogP contribution in [0.1, 0.15) is 5.69 Å². The molecule has 0 aliphatic carbocycles. The van der Waals surface area contributed by atoms with Gasteiger partial charge in [-0.05, 0) is 43.3 Å². The van der Waals surface area contributed by atoms with Gasteiger partial charge in [0.25, 0.3) is 20.0 Å². The van der Waals surface area contributed by atoms with Crippen LogP contribution in [0.25, 0.3) is 0 Å². The van der Waals surface area contributed by atoms with Gasteiger partial charge in [-0.3, -0.25) is 14.1 Å². The molecule has 3 aromatic rings. The van der Waals surface area contributed by atoms with Crippen LogP contribution < -0.4 is 14.2 Å². The number of hydrogen-bond acceptors (Lipinski definition) is 6. The fourth-order valence-corrected chi connectivity index (χ4v) is 5.03. The normalized spacial score (nSPS) is 11.8. The van der Waals surface area contributed by atoms with Gasteiger partial charge in [0, 0.05) is 18.9 Å². The van der Waals surface area contributed by atoms with Gasteiger partial charge in [-0.1, -0.05) is 12.1 Å². The number of methoxy groups -OCH3 is 1. The number of anilines is 2. The van der Waals surface area contributed by atoms with Crippen molar-refractivity contribution in [1.82, 2.24) is 9.78 Å². The first kappa shape index (κ1) is 20.7. The third kappa shape index (κ3) is 4.51. The number of para-hydroxylation sites is 2. The van der Waals surface area contributed by atoms with Crippen LogP contribution in [0.5, 0.6) is 5.75 Å². The molecular formula is C18H20N4O5S2. The van der Waals surface area contributed by atoms with Gasteiger partial charge >= 0.3 is 0 Å². The summed E-state index contributed by atoms with van der Waals surface area (Å²) in [6.07, 6.45) is 1.40. The van der Waals surface area contributed by atoms with Gasteiger partial charge in [0.15, 0.2) is 0 Å². The van der Waals surface area contributed by atoms with Crippen LogP contribution in [-0.4, -0.2) is 33.7 Å². The Bertz CT molecular complexity index is 1230. The summed E-state index contributed by atoms with van der Waals surface area (Å²) >= 11 is 0. The van der Waals surface area contributed by atoms with E-state index in [1.165, 1.54) is 42.3 Å². The Balaban J connectivity index is 1.81. The van der Waals surface area contributed by atoms with Gasteiger partial charge in [0.2, 0.25) is 0 Å². The van der Waals surface area contributed by atoms with Crippen LogP contribution >= 0.6 is 0 Å². The van der Waals surface area contributed by atoms with Gasteiger partial charge in [-0.2, -0.15) is 5.10 Å². The van der Waals surface area contributed by atoms with Gasteiger partial charge in [-0.15, -0.1) is 0 Å². The fraction of sp³-hybridized carbons (Fsp3) is 0.167. The second-order valence-electron chi connectivity index (χ2n) is 6.19. The lowest BCUT2D eigenvalue weighted by Gasteiger charge is -2.12. The molecule has 3 rings (SSSR count). The van der Waals surface area contributed by atoms with Crippen LogP contribution in [0.15, 0.2) is 64.5 Å². The Hall–Kier alpha value is -3.05. The number of sulfonamides is 2. The number of nitrogens with one attached hydrogen (secondary N) is 2. The van der Waals surface area contributed by atoms with E-state index in [2.05, 4.69) is 14.5 Å². The minimum absolute atomic E-state index is 0.0242. The number of rotatable bonds is 7. The Labute approximate surface area is 169 Å². The van der Waals surface area contributed by atoms with Gasteiger partial charge in [-0.25, -0.2) is 16.8 Å². The lowest BCUT2D eigenvalue weighted by molar-refractivity contribution is 0.417. The standard InChI is InChI=1S/C18H20N4O5S2/c1-13-18(12-22(2)19-13)29(25,26)20-14-8-10-15(11-9-14)28(23,24)21-16-6-4-5-7-17(16)27-3/h4-12,20-21H,1-3H3. The Morgan fingerprint density at radius 2 is 1.59 bits per heavy atom. The zero-order valence-corrected chi connectivity index (χ0v) is 17.6. The Morgan fingerprint density at radius 3 is 2.17 bits per heavy atom. The van der Waals surface area contributed by atoms with E-state index in [0.29, 0.717) is 17.1 Å². The summed E-state index contributed by atoms with van der Waals surface area (Å²) in [5.74, 6) is 0.382. The molecule has 0 aliphatic rings. The van der Waals surface area contributed by atoms with E-state index in [9.17, 15) is 16.8 Å². The molecule has 0 spiro atoms. The highest BCUT2D eigenvalue weighted by Crippen LogP contribution is 2.27. The minimum atomic E-state index is -3.88. The molecule has 2 N–H and O–H groups in total. The molecule has 9 nitrogen and oxygen atoms in total. The summed E-state index contributed by atoms with van der Waals surface area (Å²) in [7, 11) is -4.66. The van der Waals surface area contributed by atoms with Crippen molar-refractivity contribution in [3.8, 4) is 5.75 Å². The van der Waals surface area contributed by atoms with E-state index in [4.69, 9.17) is 4.74 Å². The van der Waals surface area contributed by atoms with Crippen molar-refractivity contribution in [3.05, 3.63) is 60.4 Å². The number of hydrogen-bond donors (Lipinski definition) is 2. The Morgan fingerprint density at radius 1 is 0.931 bits per heavy atom. The van der Waals surface area contributed by atoms with E-state index in [-0.39, 0.29) is 15.5 Å². The highest BCUT2D eigenvalue weighted by Gasteiger charge is 2.21. The smallest absolute Gasteiger partial charge is 0.265 e. The first-order valence-electron chi connectivity index (χ1n) is 8.41. The van der Waals surface area contributed by atoms with E-state index >= 15 is 0 Å². The molecule has 0 fully saturated rings.